The van der Waals surface area contributed by atoms with Gasteiger partial charge in [-0.1, -0.05) is 11.6 Å². The molecule has 4 N–H and O–H groups in total. The molecule has 1 amide bonds. The van der Waals surface area contributed by atoms with Crippen LogP contribution in [0.1, 0.15) is 15.9 Å². The minimum absolute atomic E-state index is 0.0536. The fourth-order valence-electron chi connectivity index (χ4n) is 2.65. The summed E-state index contributed by atoms with van der Waals surface area (Å²) in [5.41, 5.74) is 3.58. The van der Waals surface area contributed by atoms with Gasteiger partial charge in [-0.2, -0.15) is 13.2 Å². The lowest BCUT2D eigenvalue weighted by molar-refractivity contribution is -0.385. The van der Waals surface area contributed by atoms with Gasteiger partial charge in [0.2, 0.25) is 0 Å². The number of amides is 1. The zero-order chi connectivity index (χ0) is 29.5. The average Bonchev–Trinajstić information content (AvgIpc) is 2.84. The lowest BCUT2D eigenvalue weighted by Crippen LogP contribution is -2.30. The fourth-order valence-corrected chi connectivity index (χ4v) is 3.79. The van der Waals surface area contributed by atoms with Gasteiger partial charge < -0.3 is 20.3 Å². The van der Waals surface area contributed by atoms with Gasteiger partial charge in [-0.05, 0) is 48.5 Å². The molecule has 0 aliphatic heterocycles. The van der Waals surface area contributed by atoms with E-state index in [1.807, 2.05) is 0 Å². The van der Waals surface area contributed by atoms with Crippen LogP contribution >= 0.6 is 11.6 Å². The van der Waals surface area contributed by atoms with Crippen molar-refractivity contribution in [1.82, 2.24) is 4.72 Å². The number of ether oxygens (including phenoxy) is 2. The quantitative estimate of drug-likeness (QED) is 0.198. The smallest absolute Gasteiger partial charge is 0.420 e. The first-order chi connectivity index (χ1) is 18.0. The second-order valence-electron chi connectivity index (χ2n) is 7.15. The highest BCUT2D eigenvalue weighted by Gasteiger charge is 2.31. The highest BCUT2D eigenvalue weighted by Crippen LogP contribution is 2.37. The molecule has 208 valence electrons. The highest BCUT2D eigenvalue weighted by molar-refractivity contribution is 7.90. The second kappa shape index (κ2) is 12.3. The van der Waals surface area contributed by atoms with Crippen molar-refractivity contribution in [2.75, 3.05) is 12.8 Å². The molecule has 0 bridgehead atoms. The number of alkyl halides is 3. The largest absolute Gasteiger partial charge is 0.477 e. The number of anilines is 1. The first kappa shape index (κ1) is 30.7. The number of hydrogen-bond donors (Lipinski definition) is 3. The van der Waals surface area contributed by atoms with Gasteiger partial charge in [0.25, 0.3) is 15.7 Å². The Morgan fingerprint density at radius 3 is 2.18 bits per heavy atom. The first-order valence-electron chi connectivity index (χ1n) is 10.1. The van der Waals surface area contributed by atoms with Crippen molar-refractivity contribution < 1.29 is 50.7 Å². The number of halogens is 4. The van der Waals surface area contributed by atoms with Gasteiger partial charge in [0, 0.05) is 17.8 Å². The molecule has 12 nitrogen and oxygen atoms in total. The number of nitrogens with two attached hydrogens (primary N) is 1. The van der Waals surface area contributed by atoms with Crippen molar-refractivity contribution in [2.45, 2.75) is 11.1 Å². The molecular weight excluding hydrogens is 575 g/mol. The van der Waals surface area contributed by atoms with Crippen molar-refractivity contribution in [3.63, 3.8) is 0 Å². The number of nitrogens with one attached hydrogen (secondary N) is 1. The molecule has 0 saturated carbocycles. The molecule has 39 heavy (non-hydrogen) atoms. The molecule has 3 aromatic rings. The van der Waals surface area contributed by atoms with Crippen LogP contribution in [0.5, 0.6) is 11.5 Å². The summed E-state index contributed by atoms with van der Waals surface area (Å²) in [6, 6.07) is 10.7. The molecule has 0 radical (unpaired) electrons. The number of carboxylic acids is 1. The van der Waals surface area contributed by atoms with E-state index in [9.17, 15) is 41.3 Å². The van der Waals surface area contributed by atoms with E-state index in [0.717, 1.165) is 37.4 Å². The summed E-state index contributed by atoms with van der Waals surface area (Å²) in [4.78, 5) is 31.6. The number of nitro groups is 1. The van der Waals surface area contributed by atoms with E-state index >= 15 is 0 Å². The van der Waals surface area contributed by atoms with Gasteiger partial charge in [0.1, 0.15) is 17.1 Å². The highest BCUT2D eigenvalue weighted by atomic mass is 35.5. The molecule has 0 unspecified atom stereocenters. The number of carboxylic acid groups (broad SMARTS) is 1. The molecular formula is C22H17ClF3N3O9S. The Morgan fingerprint density at radius 2 is 1.69 bits per heavy atom. The van der Waals surface area contributed by atoms with Crippen LogP contribution < -0.4 is 15.2 Å². The van der Waals surface area contributed by atoms with Crippen LogP contribution in [0.2, 0.25) is 5.02 Å². The van der Waals surface area contributed by atoms with E-state index < -0.39 is 50.0 Å². The van der Waals surface area contributed by atoms with Crippen molar-refractivity contribution in [2.24, 2.45) is 0 Å². The summed E-state index contributed by atoms with van der Waals surface area (Å²) in [6.45, 7) is 0. The Labute approximate surface area is 222 Å². The summed E-state index contributed by atoms with van der Waals surface area (Å²) in [6.07, 6.45) is -5.61. The van der Waals surface area contributed by atoms with Crippen LogP contribution in [-0.4, -0.2) is 37.6 Å². The lowest BCUT2D eigenvalue weighted by atomic mass is 10.1. The second-order valence-corrected chi connectivity index (χ2v) is 9.24. The minimum atomic E-state index is -4.58. The Morgan fingerprint density at radius 1 is 1.08 bits per heavy atom. The maximum absolute atomic E-state index is 12.6. The zero-order valence-electron chi connectivity index (χ0n) is 19.4. The molecule has 0 heterocycles. The predicted molar refractivity (Wildman–Crippen MR) is 130 cm³/mol. The van der Waals surface area contributed by atoms with Gasteiger partial charge in [-0.3, -0.25) is 10.1 Å². The number of nitro benzene ring substituents is 1. The number of carbonyl (C=O) groups excluding carboxylic acids is 1. The van der Waals surface area contributed by atoms with E-state index in [-0.39, 0.29) is 21.4 Å². The number of hydrogen-bond acceptors (Lipinski definition) is 9. The number of sulfonamides is 1. The molecule has 0 aliphatic carbocycles. The van der Waals surface area contributed by atoms with E-state index in [2.05, 4.69) is 4.74 Å². The Balaban J connectivity index is 0.000000306. The number of rotatable bonds is 6. The average molecular weight is 592 g/mol. The van der Waals surface area contributed by atoms with Crippen molar-refractivity contribution in [1.29, 1.82) is 0 Å². The van der Waals surface area contributed by atoms with Crippen molar-refractivity contribution in [3.8, 4) is 11.5 Å². The van der Waals surface area contributed by atoms with Crippen LogP contribution in [0.25, 0.3) is 0 Å². The lowest BCUT2D eigenvalue weighted by Gasteiger charge is -2.11. The molecule has 3 aromatic carbocycles. The normalized spacial score (nSPS) is 11.0. The summed E-state index contributed by atoms with van der Waals surface area (Å²) in [5, 5.41) is 19.4. The van der Waals surface area contributed by atoms with E-state index in [4.69, 9.17) is 27.2 Å². The zero-order valence-corrected chi connectivity index (χ0v) is 21.0. The Kier molecular flexibility index (Phi) is 9.68. The number of nitrogen functional groups attached to an aromatic ring is 1. The van der Waals surface area contributed by atoms with E-state index in [1.165, 1.54) is 24.3 Å². The van der Waals surface area contributed by atoms with Gasteiger partial charge in [0.15, 0.2) is 0 Å². The molecule has 0 spiro atoms. The molecule has 0 fully saturated rings. The van der Waals surface area contributed by atoms with Crippen LogP contribution in [-0.2, 0) is 20.9 Å². The third-order valence-corrected chi connectivity index (χ3v) is 6.10. The molecule has 17 heteroatoms. The Bertz CT molecular complexity index is 1500. The topological polar surface area (TPSA) is 188 Å². The number of nitrogens with zero attached hydrogens (tertiary/aromatic N) is 1. The number of methoxy groups -OCH3 is 1. The number of carbonyl (C=O) groups is 2. The van der Waals surface area contributed by atoms with Gasteiger partial charge in [-0.25, -0.2) is 22.7 Å². The van der Waals surface area contributed by atoms with Gasteiger partial charge in [0.05, 0.1) is 27.5 Å². The summed E-state index contributed by atoms with van der Waals surface area (Å²) >= 11 is 5.72. The third-order valence-electron chi connectivity index (χ3n) is 4.48. The van der Waals surface area contributed by atoms with Crippen LogP contribution in [0, 0.1) is 10.1 Å². The molecule has 0 saturated heterocycles. The standard InChI is InChI=1S/C14H7ClF3NO5.C8H10N2O4S/c15-10-5-7(14(16,17)18)1-4-12(10)24-8-2-3-11(19(22)23)9(6-8)13(20)21;1-14-8(11)10-15(12,13)7-4-2-6(9)3-5-7/h1-6H,(H,20,21);2-5H,9H2,1H3,(H,10,11). The summed E-state index contributed by atoms with van der Waals surface area (Å²) < 4.78 is 71.7. The molecule has 0 aromatic heterocycles. The monoisotopic (exact) mass is 591 g/mol. The van der Waals surface area contributed by atoms with Gasteiger partial charge in [-0.15, -0.1) is 0 Å². The minimum Gasteiger partial charge on any atom is -0.477 e. The van der Waals surface area contributed by atoms with Crippen LogP contribution in [0.4, 0.5) is 29.3 Å². The molecule has 0 atom stereocenters. The maximum atomic E-state index is 12.6. The number of benzene rings is 3. The van der Waals surface area contributed by atoms with E-state index in [1.54, 1.807) is 4.72 Å². The predicted octanol–water partition coefficient (Wildman–Crippen LogP) is 5.07. The maximum Gasteiger partial charge on any atom is 0.420 e. The fraction of sp³-hybridized carbons (Fsp3) is 0.0909. The number of aromatic carboxylic acids is 1. The Hall–Kier alpha value is -4.57. The molecule has 3 rings (SSSR count). The third kappa shape index (κ3) is 8.47. The van der Waals surface area contributed by atoms with Gasteiger partial charge >= 0.3 is 18.2 Å². The summed E-state index contributed by atoms with van der Waals surface area (Å²) in [7, 11) is -2.79. The summed E-state index contributed by atoms with van der Waals surface area (Å²) in [5.74, 6) is -1.83. The molecule has 0 aliphatic rings. The van der Waals surface area contributed by atoms with Crippen molar-refractivity contribution >= 4 is 45.1 Å². The SMILES string of the molecule is COC(=O)NS(=O)(=O)c1ccc(N)cc1.O=C(O)c1cc(Oc2ccc(C(F)(F)F)cc2Cl)ccc1[N+](=O)[O-]. The van der Waals surface area contributed by atoms with Crippen LogP contribution in [0.3, 0.4) is 0 Å². The van der Waals surface area contributed by atoms with Crippen molar-refractivity contribution in [3.05, 3.63) is 86.9 Å². The van der Waals surface area contributed by atoms with Crippen LogP contribution in [0.15, 0.2) is 65.6 Å². The first-order valence-corrected chi connectivity index (χ1v) is 11.9. The van der Waals surface area contributed by atoms with E-state index in [0.29, 0.717) is 11.8 Å².